The molecule has 0 bridgehead atoms. The first kappa shape index (κ1) is 17.5. The van der Waals surface area contributed by atoms with Crippen molar-refractivity contribution in [2.24, 2.45) is 5.73 Å². The van der Waals surface area contributed by atoms with Gasteiger partial charge in [0.25, 0.3) is 0 Å². The van der Waals surface area contributed by atoms with Crippen LogP contribution >= 0.6 is 23.2 Å². The average molecular weight is 346 g/mol. The van der Waals surface area contributed by atoms with Gasteiger partial charge in [0.15, 0.2) is 0 Å². The number of hydrogen-bond acceptors (Lipinski definition) is 4. The SMILES string of the molecule is COC1CCN(CC(=O)Nc2cc(Cl)ccc2Cl)C(CN)C1. The number of rotatable bonds is 5. The number of ether oxygens (including phenoxy) is 1. The van der Waals surface area contributed by atoms with Crippen LogP contribution in [0.3, 0.4) is 0 Å². The molecule has 1 amide bonds. The highest BCUT2D eigenvalue weighted by Gasteiger charge is 2.28. The van der Waals surface area contributed by atoms with Gasteiger partial charge < -0.3 is 15.8 Å². The summed E-state index contributed by atoms with van der Waals surface area (Å²) in [7, 11) is 1.71. The smallest absolute Gasteiger partial charge is 0.238 e. The molecule has 1 aromatic carbocycles. The standard InChI is InChI=1S/C15H21Cl2N3O2/c1-22-12-4-5-20(11(7-12)8-18)9-15(21)19-14-6-10(16)2-3-13(14)17/h2-3,6,11-12H,4-5,7-9,18H2,1H3,(H,19,21). The van der Waals surface area contributed by atoms with E-state index >= 15 is 0 Å². The van der Waals surface area contributed by atoms with Crippen LogP contribution in [0.25, 0.3) is 0 Å². The number of benzene rings is 1. The monoisotopic (exact) mass is 345 g/mol. The number of methoxy groups -OCH3 is 1. The summed E-state index contributed by atoms with van der Waals surface area (Å²) in [6.45, 7) is 1.57. The van der Waals surface area contributed by atoms with E-state index in [1.54, 1.807) is 25.3 Å². The molecular weight excluding hydrogens is 325 g/mol. The molecule has 0 spiro atoms. The van der Waals surface area contributed by atoms with Crippen molar-refractivity contribution in [1.29, 1.82) is 0 Å². The number of amides is 1. The molecule has 7 heteroatoms. The minimum atomic E-state index is -0.126. The third kappa shape index (κ3) is 4.57. The second-order valence-corrected chi connectivity index (χ2v) is 6.26. The van der Waals surface area contributed by atoms with Crippen LogP contribution in [0, 0.1) is 0 Å². The van der Waals surface area contributed by atoms with E-state index in [4.69, 9.17) is 33.7 Å². The predicted molar refractivity (Wildman–Crippen MR) is 89.5 cm³/mol. The normalized spacial score (nSPS) is 22.5. The first-order valence-corrected chi connectivity index (χ1v) is 8.01. The van der Waals surface area contributed by atoms with E-state index in [0.29, 0.717) is 22.3 Å². The van der Waals surface area contributed by atoms with E-state index in [-0.39, 0.29) is 24.6 Å². The Kier molecular flexibility index (Phi) is 6.47. The highest BCUT2D eigenvalue weighted by atomic mass is 35.5. The Morgan fingerprint density at radius 3 is 2.95 bits per heavy atom. The Labute approximate surface area is 140 Å². The Balaban J connectivity index is 1.95. The van der Waals surface area contributed by atoms with Gasteiger partial charge in [0.2, 0.25) is 5.91 Å². The second-order valence-electron chi connectivity index (χ2n) is 5.41. The van der Waals surface area contributed by atoms with Crippen LogP contribution in [0.1, 0.15) is 12.8 Å². The van der Waals surface area contributed by atoms with Crippen LogP contribution in [-0.4, -0.2) is 49.7 Å². The summed E-state index contributed by atoms with van der Waals surface area (Å²) in [4.78, 5) is 14.3. The van der Waals surface area contributed by atoms with Gasteiger partial charge in [0.05, 0.1) is 23.4 Å². The lowest BCUT2D eigenvalue weighted by Gasteiger charge is -2.37. The first-order chi connectivity index (χ1) is 10.5. The van der Waals surface area contributed by atoms with Gasteiger partial charge in [-0.2, -0.15) is 0 Å². The quantitative estimate of drug-likeness (QED) is 0.859. The Bertz CT molecular complexity index is 528. The molecule has 0 saturated carbocycles. The third-order valence-electron chi connectivity index (χ3n) is 3.94. The van der Waals surface area contributed by atoms with E-state index in [1.165, 1.54) is 0 Å². The lowest BCUT2D eigenvalue weighted by molar-refractivity contribution is -0.118. The van der Waals surface area contributed by atoms with E-state index in [0.717, 1.165) is 19.4 Å². The van der Waals surface area contributed by atoms with Gasteiger partial charge in [-0.05, 0) is 31.0 Å². The largest absolute Gasteiger partial charge is 0.381 e. The summed E-state index contributed by atoms with van der Waals surface area (Å²) in [5.41, 5.74) is 6.34. The molecule has 0 aliphatic carbocycles. The summed E-state index contributed by atoms with van der Waals surface area (Å²) in [6.07, 6.45) is 1.96. The molecule has 2 atom stereocenters. The van der Waals surface area contributed by atoms with Gasteiger partial charge in [-0.25, -0.2) is 0 Å². The van der Waals surface area contributed by atoms with E-state index in [1.807, 2.05) is 0 Å². The molecular formula is C15H21Cl2N3O2. The average Bonchev–Trinajstić information content (AvgIpc) is 2.51. The number of carbonyl (C=O) groups excluding carboxylic acids is 1. The van der Waals surface area contributed by atoms with Crippen molar-refractivity contribution in [3.63, 3.8) is 0 Å². The number of anilines is 1. The zero-order valence-corrected chi connectivity index (χ0v) is 14.0. The van der Waals surface area contributed by atoms with E-state index in [9.17, 15) is 4.79 Å². The predicted octanol–water partition coefficient (Wildman–Crippen LogP) is 2.37. The van der Waals surface area contributed by atoms with Gasteiger partial charge in [0.1, 0.15) is 0 Å². The molecule has 22 heavy (non-hydrogen) atoms. The summed E-state index contributed by atoms with van der Waals surface area (Å²) in [5, 5.41) is 3.79. The lowest BCUT2D eigenvalue weighted by Crippen LogP contribution is -2.50. The number of piperidine rings is 1. The van der Waals surface area contributed by atoms with Crippen LogP contribution < -0.4 is 11.1 Å². The van der Waals surface area contributed by atoms with Crippen LogP contribution in [0.2, 0.25) is 10.0 Å². The molecule has 1 fully saturated rings. The Morgan fingerprint density at radius 2 is 2.27 bits per heavy atom. The van der Waals surface area contributed by atoms with Crippen LogP contribution in [0.4, 0.5) is 5.69 Å². The number of nitrogens with one attached hydrogen (secondary N) is 1. The highest BCUT2D eigenvalue weighted by Crippen LogP contribution is 2.25. The van der Waals surface area contributed by atoms with Crippen molar-refractivity contribution in [3.05, 3.63) is 28.2 Å². The molecule has 1 heterocycles. The fourth-order valence-electron chi connectivity index (χ4n) is 2.70. The van der Waals surface area contributed by atoms with Crippen LogP contribution in [0.15, 0.2) is 18.2 Å². The number of carbonyl (C=O) groups is 1. The maximum absolute atomic E-state index is 12.2. The van der Waals surface area contributed by atoms with E-state index < -0.39 is 0 Å². The molecule has 5 nitrogen and oxygen atoms in total. The van der Waals surface area contributed by atoms with Crippen molar-refractivity contribution >= 4 is 34.8 Å². The molecule has 1 aliphatic heterocycles. The van der Waals surface area contributed by atoms with Crippen molar-refractivity contribution in [2.75, 3.05) is 32.1 Å². The molecule has 1 aliphatic rings. The maximum Gasteiger partial charge on any atom is 0.238 e. The van der Waals surface area contributed by atoms with E-state index in [2.05, 4.69) is 10.2 Å². The Hall–Kier alpha value is -0.850. The number of hydrogen-bond donors (Lipinski definition) is 2. The third-order valence-corrected chi connectivity index (χ3v) is 4.51. The Morgan fingerprint density at radius 1 is 1.50 bits per heavy atom. The minimum Gasteiger partial charge on any atom is -0.381 e. The summed E-state index contributed by atoms with van der Waals surface area (Å²) in [6, 6.07) is 5.13. The summed E-state index contributed by atoms with van der Waals surface area (Å²) in [5.74, 6) is -0.126. The van der Waals surface area contributed by atoms with Crippen LogP contribution in [-0.2, 0) is 9.53 Å². The minimum absolute atomic E-state index is 0.126. The summed E-state index contributed by atoms with van der Waals surface area (Å²) < 4.78 is 5.39. The fourth-order valence-corrected chi connectivity index (χ4v) is 3.03. The number of likely N-dealkylation sites (tertiary alicyclic amines) is 1. The van der Waals surface area contributed by atoms with Crippen molar-refractivity contribution in [2.45, 2.75) is 25.0 Å². The lowest BCUT2D eigenvalue weighted by atomic mass is 9.99. The van der Waals surface area contributed by atoms with Gasteiger partial charge in [-0.3, -0.25) is 9.69 Å². The van der Waals surface area contributed by atoms with Gasteiger partial charge in [0, 0.05) is 31.3 Å². The molecule has 1 saturated heterocycles. The number of halogens is 2. The zero-order chi connectivity index (χ0) is 16.1. The van der Waals surface area contributed by atoms with Crippen molar-refractivity contribution < 1.29 is 9.53 Å². The zero-order valence-electron chi connectivity index (χ0n) is 12.5. The first-order valence-electron chi connectivity index (χ1n) is 7.25. The van der Waals surface area contributed by atoms with Gasteiger partial charge in [-0.1, -0.05) is 23.2 Å². The number of nitrogens with zero attached hydrogens (tertiary/aromatic N) is 1. The summed E-state index contributed by atoms with van der Waals surface area (Å²) >= 11 is 12.0. The van der Waals surface area contributed by atoms with Gasteiger partial charge >= 0.3 is 0 Å². The highest BCUT2D eigenvalue weighted by molar-refractivity contribution is 6.35. The number of nitrogens with two attached hydrogens (primary N) is 1. The molecule has 1 aromatic rings. The molecule has 2 rings (SSSR count). The van der Waals surface area contributed by atoms with Crippen molar-refractivity contribution in [3.8, 4) is 0 Å². The molecule has 122 valence electrons. The fraction of sp³-hybridized carbons (Fsp3) is 0.533. The van der Waals surface area contributed by atoms with Gasteiger partial charge in [-0.15, -0.1) is 0 Å². The van der Waals surface area contributed by atoms with Crippen LogP contribution in [0.5, 0.6) is 0 Å². The second kappa shape index (κ2) is 8.13. The molecule has 3 N–H and O–H groups in total. The topological polar surface area (TPSA) is 67.6 Å². The molecule has 0 aromatic heterocycles. The van der Waals surface area contributed by atoms with Crippen molar-refractivity contribution in [1.82, 2.24) is 4.90 Å². The molecule has 2 unspecified atom stereocenters. The maximum atomic E-state index is 12.2. The molecule has 0 radical (unpaired) electrons.